The van der Waals surface area contributed by atoms with Crippen molar-refractivity contribution in [3.8, 4) is 0 Å². The van der Waals surface area contributed by atoms with Crippen LogP contribution in [0.3, 0.4) is 0 Å². The molecule has 0 heterocycles. The summed E-state index contributed by atoms with van der Waals surface area (Å²) in [5.74, 6) is 0.818. The van der Waals surface area contributed by atoms with Gasteiger partial charge in [-0.05, 0) is 26.7 Å². The van der Waals surface area contributed by atoms with E-state index in [2.05, 4.69) is 29.5 Å². The second kappa shape index (κ2) is 11.5. The maximum absolute atomic E-state index is 12.0. The number of halogens is 1. The monoisotopic (exact) mass is 455 g/mol. The summed E-state index contributed by atoms with van der Waals surface area (Å²) in [4.78, 5) is 31.3. The van der Waals surface area contributed by atoms with E-state index in [4.69, 9.17) is 0 Å². The van der Waals surface area contributed by atoms with Gasteiger partial charge in [0.15, 0.2) is 5.96 Å². The first-order valence-corrected chi connectivity index (χ1v) is 7.93. The molecule has 0 radical (unpaired) electrons. The molecule has 8 heteroatoms. The molecule has 0 aliphatic rings. The van der Waals surface area contributed by atoms with E-state index in [0.717, 1.165) is 6.54 Å². The van der Waals surface area contributed by atoms with Gasteiger partial charge in [0.25, 0.3) is 0 Å². The number of hydrogen-bond donors (Lipinski definition) is 2. The molecule has 0 spiro atoms. The van der Waals surface area contributed by atoms with Crippen LogP contribution < -0.4 is 10.6 Å². The van der Waals surface area contributed by atoms with Crippen LogP contribution >= 0.6 is 24.0 Å². The molecule has 0 atom stereocenters. The van der Waals surface area contributed by atoms with Gasteiger partial charge in [-0.1, -0.05) is 13.8 Å². The molecule has 0 saturated heterocycles. The van der Waals surface area contributed by atoms with Crippen LogP contribution in [0.1, 0.15) is 34.6 Å². The quantitative estimate of drug-likeness (QED) is 0.358. The Labute approximate surface area is 163 Å². The van der Waals surface area contributed by atoms with Gasteiger partial charge in [-0.15, -0.1) is 24.0 Å². The fourth-order valence-corrected chi connectivity index (χ4v) is 1.64. The maximum Gasteiger partial charge on any atom is 0.243 e. The summed E-state index contributed by atoms with van der Waals surface area (Å²) < 4.78 is 0. The third-order valence-corrected chi connectivity index (χ3v) is 2.79. The number of amides is 2. The number of guanidine groups is 1. The fourth-order valence-electron chi connectivity index (χ4n) is 1.64. The summed E-state index contributed by atoms with van der Waals surface area (Å²) in [6, 6.07) is 0. The van der Waals surface area contributed by atoms with Crippen LogP contribution in [0.2, 0.25) is 0 Å². The van der Waals surface area contributed by atoms with E-state index >= 15 is 0 Å². The zero-order chi connectivity index (χ0) is 18.2. The number of carbonyl (C=O) groups is 2. The minimum absolute atomic E-state index is 0. The topological polar surface area (TPSA) is 77.0 Å². The minimum Gasteiger partial charge on any atom is -0.356 e. The highest BCUT2D eigenvalue weighted by molar-refractivity contribution is 14.0. The normalized spacial score (nSPS) is 11.6. The molecule has 0 rings (SSSR count). The minimum atomic E-state index is -0.276. The Balaban J connectivity index is 0. The van der Waals surface area contributed by atoms with Crippen LogP contribution in [0, 0.1) is 5.92 Å². The van der Waals surface area contributed by atoms with Gasteiger partial charge in [0.05, 0.1) is 6.54 Å². The molecule has 0 aliphatic carbocycles. The molecule has 0 aromatic rings. The van der Waals surface area contributed by atoms with Gasteiger partial charge in [0.2, 0.25) is 11.8 Å². The Bertz CT molecular complexity index is 431. The maximum atomic E-state index is 12.0. The zero-order valence-corrected chi connectivity index (χ0v) is 18.6. The first-order chi connectivity index (χ1) is 10.4. The standard InChI is InChI=1S/C16H33N5O2.HI/c1-12(2)9-17-15(18-10-14(23)20(6)7)21(8)11-13(22)19-16(3,4)5;/h12H,9-11H2,1-8H3,(H,17,18)(H,19,22);1H. The molecule has 0 bridgehead atoms. The largest absolute Gasteiger partial charge is 0.356 e. The van der Waals surface area contributed by atoms with Crippen molar-refractivity contribution >= 4 is 41.8 Å². The average Bonchev–Trinajstić information content (AvgIpc) is 2.35. The number of likely N-dealkylation sites (N-methyl/N-ethyl adjacent to an activating group) is 2. The molecular formula is C16H34IN5O2. The highest BCUT2D eigenvalue weighted by Crippen LogP contribution is 1.99. The number of nitrogens with zero attached hydrogens (tertiary/aromatic N) is 3. The summed E-state index contributed by atoms with van der Waals surface area (Å²) in [5.41, 5.74) is -0.276. The van der Waals surface area contributed by atoms with Crippen molar-refractivity contribution in [3.63, 3.8) is 0 Å². The number of hydrogen-bond acceptors (Lipinski definition) is 3. The van der Waals surface area contributed by atoms with Crippen molar-refractivity contribution in [2.45, 2.75) is 40.2 Å². The van der Waals surface area contributed by atoms with E-state index < -0.39 is 0 Å². The van der Waals surface area contributed by atoms with Crippen molar-refractivity contribution in [2.75, 3.05) is 40.8 Å². The van der Waals surface area contributed by atoms with Gasteiger partial charge in [0.1, 0.15) is 6.54 Å². The van der Waals surface area contributed by atoms with Crippen molar-refractivity contribution in [1.82, 2.24) is 20.4 Å². The number of rotatable bonds is 6. The van der Waals surface area contributed by atoms with Crippen LogP contribution in [-0.2, 0) is 9.59 Å². The number of nitrogens with one attached hydrogen (secondary N) is 2. The van der Waals surface area contributed by atoms with Gasteiger partial charge in [-0.3, -0.25) is 9.59 Å². The molecule has 7 nitrogen and oxygen atoms in total. The van der Waals surface area contributed by atoms with E-state index in [-0.39, 0.29) is 54.4 Å². The third kappa shape index (κ3) is 12.4. The molecule has 0 aliphatic heterocycles. The second-order valence-corrected chi connectivity index (χ2v) is 7.36. The molecule has 24 heavy (non-hydrogen) atoms. The molecule has 2 N–H and O–H groups in total. The summed E-state index contributed by atoms with van der Waals surface area (Å²) >= 11 is 0. The summed E-state index contributed by atoms with van der Waals surface area (Å²) in [6.07, 6.45) is 0. The van der Waals surface area contributed by atoms with Crippen LogP contribution in [-0.4, -0.2) is 73.9 Å². The summed E-state index contributed by atoms with van der Waals surface area (Å²) in [5, 5.41) is 6.12. The molecule has 2 amide bonds. The Morgan fingerprint density at radius 1 is 1.12 bits per heavy atom. The first kappa shape index (κ1) is 25.2. The van der Waals surface area contributed by atoms with E-state index in [1.54, 1.807) is 26.0 Å². The Morgan fingerprint density at radius 2 is 1.67 bits per heavy atom. The average molecular weight is 455 g/mol. The predicted octanol–water partition coefficient (Wildman–Crippen LogP) is 1.14. The van der Waals surface area contributed by atoms with Gasteiger partial charge in [0, 0.05) is 33.2 Å². The SMILES string of the molecule is CC(C)CNC(=NCC(=O)N(C)C)N(C)CC(=O)NC(C)(C)C.I. The first-order valence-electron chi connectivity index (χ1n) is 7.93. The molecule has 0 aromatic carbocycles. The molecule has 142 valence electrons. The summed E-state index contributed by atoms with van der Waals surface area (Å²) in [7, 11) is 5.17. The Kier molecular flexibility index (Phi) is 12.1. The van der Waals surface area contributed by atoms with Crippen molar-refractivity contribution in [1.29, 1.82) is 0 Å². The van der Waals surface area contributed by atoms with Crippen LogP contribution in [0.4, 0.5) is 0 Å². The van der Waals surface area contributed by atoms with Crippen molar-refractivity contribution in [2.24, 2.45) is 10.9 Å². The van der Waals surface area contributed by atoms with E-state index in [1.807, 2.05) is 20.8 Å². The second-order valence-electron chi connectivity index (χ2n) is 7.36. The van der Waals surface area contributed by atoms with E-state index in [9.17, 15) is 9.59 Å². The fraction of sp³-hybridized carbons (Fsp3) is 0.812. The highest BCUT2D eigenvalue weighted by Gasteiger charge is 2.17. The molecular weight excluding hydrogens is 421 g/mol. The zero-order valence-electron chi connectivity index (χ0n) is 16.3. The molecule has 0 aromatic heterocycles. The van der Waals surface area contributed by atoms with Crippen molar-refractivity contribution in [3.05, 3.63) is 0 Å². The van der Waals surface area contributed by atoms with Crippen LogP contribution in [0.25, 0.3) is 0 Å². The van der Waals surface area contributed by atoms with Crippen molar-refractivity contribution < 1.29 is 9.59 Å². The van der Waals surface area contributed by atoms with Gasteiger partial charge < -0.3 is 20.4 Å². The lowest BCUT2D eigenvalue weighted by Gasteiger charge is -2.26. The van der Waals surface area contributed by atoms with Gasteiger partial charge >= 0.3 is 0 Å². The smallest absolute Gasteiger partial charge is 0.243 e. The molecule has 0 fully saturated rings. The summed E-state index contributed by atoms with van der Waals surface area (Å²) in [6.45, 7) is 10.9. The third-order valence-electron chi connectivity index (χ3n) is 2.79. The Morgan fingerprint density at radius 3 is 2.08 bits per heavy atom. The van der Waals surface area contributed by atoms with Crippen LogP contribution in [0.15, 0.2) is 4.99 Å². The molecule has 0 saturated carbocycles. The molecule has 0 unspecified atom stereocenters. The lowest BCUT2D eigenvalue weighted by Crippen LogP contribution is -2.49. The van der Waals surface area contributed by atoms with Crippen LogP contribution in [0.5, 0.6) is 0 Å². The lowest BCUT2D eigenvalue weighted by molar-refractivity contribution is -0.127. The highest BCUT2D eigenvalue weighted by atomic mass is 127. The Hall–Kier alpha value is -1.06. The van der Waals surface area contributed by atoms with E-state index in [1.165, 1.54) is 4.90 Å². The van der Waals surface area contributed by atoms with Gasteiger partial charge in [-0.2, -0.15) is 0 Å². The lowest BCUT2D eigenvalue weighted by atomic mass is 10.1. The number of carbonyl (C=O) groups excluding carboxylic acids is 2. The predicted molar refractivity (Wildman–Crippen MR) is 110 cm³/mol. The number of aliphatic imine (C=N–C) groups is 1. The van der Waals surface area contributed by atoms with E-state index in [0.29, 0.717) is 11.9 Å². The van der Waals surface area contributed by atoms with Gasteiger partial charge in [-0.25, -0.2) is 4.99 Å².